The van der Waals surface area contributed by atoms with Gasteiger partial charge < -0.3 is 23.8 Å². The largest absolute Gasteiger partial charge is 0.478 e. The summed E-state index contributed by atoms with van der Waals surface area (Å²) in [7, 11) is 0. The fraction of sp³-hybridized carbons (Fsp3) is 0.259. The summed E-state index contributed by atoms with van der Waals surface area (Å²) in [6.45, 7) is 2.24. The second kappa shape index (κ2) is 8.01. The van der Waals surface area contributed by atoms with Crippen LogP contribution in [-0.2, 0) is 26.3 Å². The fourth-order valence-corrected chi connectivity index (χ4v) is 5.22. The zero-order chi connectivity index (χ0) is 24.2. The molecule has 3 aromatic rings. The first kappa shape index (κ1) is 21.5. The summed E-state index contributed by atoms with van der Waals surface area (Å²) in [6, 6.07) is 17.0. The molecule has 0 saturated carbocycles. The van der Waals surface area contributed by atoms with E-state index in [0.29, 0.717) is 22.8 Å². The van der Waals surface area contributed by atoms with Crippen molar-refractivity contribution >= 4 is 17.6 Å². The van der Waals surface area contributed by atoms with Gasteiger partial charge in [-0.3, -0.25) is 4.79 Å². The van der Waals surface area contributed by atoms with Crippen LogP contribution in [0, 0.1) is 5.82 Å². The van der Waals surface area contributed by atoms with Crippen molar-refractivity contribution in [1.82, 2.24) is 0 Å². The predicted molar refractivity (Wildman–Crippen MR) is 123 cm³/mol. The number of rotatable bonds is 4. The Morgan fingerprint density at radius 3 is 2.57 bits per heavy atom. The van der Waals surface area contributed by atoms with E-state index in [4.69, 9.17) is 18.9 Å². The Hall–Kier alpha value is -4.07. The number of hydrogen-bond donors (Lipinski definition) is 0. The Morgan fingerprint density at radius 1 is 1.06 bits per heavy atom. The number of ether oxygens (including phenoxy) is 4. The first-order valence-electron chi connectivity index (χ1n) is 11.4. The quantitative estimate of drug-likeness (QED) is 0.529. The molecule has 0 radical (unpaired) electrons. The van der Waals surface area contributed by atoms with Gasteiger partial charge in [0.2, 0.25) is 12.7 Å². The van der Waals surface area contributed by atoms with Crippen LogP contribution < -0.4 is 19.1 Å². The average Bonchev–Trinajstić information content (AvgIpc) is 3.41. The van der Waals surface area contributed by atoms with Gasteiger partial charge in [0.15, 0.2) is 17.6 Å². The van der Waals surface area contributed by atoms with Crippen LogP contribution in [0.3, 0.4) is 0 Å². The molecule has 0 aromatic heterocycles. The number of anilines is 1. The molecule has 178 valence electrons. The van der Waals surface area contributed by atoms with E-state index in [0.717, 1.165) is 16.8 Å². The van der Waals surface area contributed by atoms with Crippen LogP contribution in [0.4, 0.5) is 10.1 Å². The van der Waals surface area contributed by atoms with E-state index in [1.165, 1.54) is 12.1 Å². The molecule has 3 heterocycles. The maximum absolute atomic E-state index is 14.4. The van der Waals surface area contributed by atoms with E-state index in [2.05, 4.69) is 0 Å². The molecule has 0 bridgehead atoms. The Labute approximate surface area is 201 Å². The lowest BCUT2D eigenvalue weighted by Crippen LogP contribution is -2.49. The van der Waals surface area contributed by atoms with E-state index in [9.17, 15) is 14.0 Å². The van der Waals surface area contributed by atoms with Gasteiger partial charge in [0, 0.05) is 23.7 Å². The number of hydrogen-bond acceptors (Lipinski definition) is 6. The highest BCUT2D eigenvalue weighted by Gasteiger charge is 2.58. The zero-order valence-electron chi connectivity index (χ0n) is 19.0. The second-order valence-electron chi connectivity index (χ2n) is 8.70. The van der Waals surface area contributed by atoms with Crippen LogP contribution in [-0.4, -0.2) is 31.4 Å². The molecule has 3 aromatic carbocycles. The fourth-order valence-electron chi connectivity index (χ4n) is 5.22. The second-order valence-corrected chi connectivity index (χ2v) is 8.70. The van der Waals surface area contributed by atoms with Crippen LogP contribution in [0.15, 0.2) is 60.7 Å². The van der Waals surface area contributed by atoms with E-state index in [-0.39, 0.29) is 38.1 Å². The molecule has 7 nitrogen and oxygen atoms in total. The molecule has 0 saturated heterocycles. The molecular formula is C27H22FNO6. The topological polar surface area (TPSA) is 74.3 Å². The van der Waals surface area contributed by atoms with Crippen LogP contribution in [0.25, 0.3) is 0 Å². The van der Waals surface area contributed by atoms with Crippen molar-refractivity contribution in [3.63, 3.8) is 0 Å². The molecule has 3 aliphatic heterocycles. The highest BCUT2D eigenvalue weighted by Crippen LogP contribution is 2.56. The number of para-hydroxylation sites is 1. The number of amides is 1. The molecule has 8 heteroatoms. The van der Waals surface area contributed by atoms with Gasteiger partial charge >= 0.3 is 5.97 Å². The number of benzene rings is 3. The first-order chi connectivity index (χ1) is 17.0. The third-order valence-corrected chi connectivity index (χ3v) is 6.76. The predicted octanol–water partition coefficient (Wildman–Crippen LogP) is 4.10. The third-order valence-electron chi connectivity index (χ3n) is 6.76. The van der Waals surface area contributed by atoms with Gasteiger partial charge in [-0.1, -0.05) is 30.3 Å². The molecule has 0 fully saturated rings. The highest BCUT2D eigenvalue weighted by atomic mass is 19.1. The van der Waals surface area contributed by atoms with Gasteiger partial charge in [0.25, 0.3) is 0 Å². The molecule has 6 rings (SSSR count). The van der Waals surface area contributed by atoms with Crippen molar-refractivity contribution in [2.75, 3.05) is 18.3 Å². The van der Waals surface area contributed by atoms with Crippen LogP contribution >= 0.6 is 0 Å². The number of carbonyl (C=O) groups is 2. The normalized spacial score (nSPS) is 21.5. The maximum atomic E-state index is 14.4. The summed E-state index contributed by atoms with van der Waals surface area (Å²) in [5, 5.41) is 0. The molecule has 0 N–H and O–H groups in total. The Kier molecular flexibility index (Phi) is 4.91. The van der Waals surface area contributed by atoms with Crippen LogP contribution in [0.2, 0.25) is 0 Å². The zero-order valence-corrected chi connectivity index (χ0v) is 19.0. The van der Waals surface area contributed by atoms with Gasteiger partial charge in [-0.2, -0.15) is 0 Å². The van der Waals surface area contributed by atoms with Gasteiger partial charge in [0.1, 0.15) is 17.0 Å². The molecular weight excluding hydrogens is 453 g/mol. The third kappa shape index (κ3) is 3.24. The Morgan fingerprint density at radius 2 is 1.80 bits per heavy atom. The minimum absolute atomic E-state index is 0.0633. The molecule has 1 spiro atoms. The van der Waals surface area contributed by atoms with E-state index in [1.807, 2.05) is 24.3 Å². The number of carbonyl (C=O) groups excluding carboxylic acids is 2. The first-order valence-corrected chi connectivity index (χ1v) is 11.4. The van der Waals surface area contributed by atoms with Gasteiger partial charge in [-0.25, -0.2) is 9.18 Å². The molecule has 35 heavy (non-hydrogen) atoms. The van der Waals surface area contributed by atoms with Gasteiger partial charge in [0.05, 0.1) is 13.2 Å². The molecule has 1 unspecified atom stereocenters. The number of halogens is 1. The van der Waals surface area contributed by atoms with E-state index >= 15 is 0 Å². The number of fused-ring (bicyclic) bond motifs is 5. The Balaban J connectivity index is 1.52. The number of nitrogens with zero attached hydrogens (tertiary/aromatic N) is 1. The molecule has 2 atom stereocenters. The number of esters is 1. The van der Waals surface area contributed by atoms with Crippen molar-refractivity contribution in [2.45, 2.75) is 31.4 Å². The van der Waals surface area contributed by atoms with Gasteiger partial charge in [-0.15, -0.1) is 0 Å². The summed E-state index contributed by atoms with van der Waals surface area (Å²) in [6.07, 6.45) is -0.903. The van der Waals surface area contributed by atoms with Crippen molar-refractivity contribution in [1.29, 1.82) is 0 Å². The highest BCUT2D eigenvalue weighted by molar-refractivity contribution is 6.11. The molecule has 1 amide bonds. The van der Waals surface area contributed by atoms with Gasteiger partial charge in [-0.05, 0) is 42.3 Å². The lowest BCUT2D eigenvalue weighted by Gasteiger charge is -2.38. The summed E-state index contributed by atoms with van der Waals surface area (Å²) in [5.74, 6) is 0.322. The van der Waals surface area contributed by atoms with Crippen molar-refractivity contribution in [3.05, 3.63) is 83.2 Å². The Bertz CT molecular complexity index is 1340. The minimum Gasteiger partial charge on any atom is -0.478 e. The van der Waals surface area contributed by atoms with Crippen molar-refractivity contribution in [3.8, 4) is 17.2 Å². The molecule has 0 aliphatic carbocycles. The summed E-state index contributed by atoms with van der Waals surface area (Å²) in [5.41, 5.74) is 1.70. The lowest BCUT2D eigenvalue weighted by atomic mass is 9.69. The van der Waals surface area contributed by atoms with E-state index < -0.39 is 17.5 Å². The SMILES string of the molecule is CCOC(=O)[C@H]1CC2(C(=O)N(Cc3ccc(F)cc3)c3ccccc32)c2cc3c(cc2O1)OCO3. The summed E-state index contributed by atoms with van der Waals surface area (Å²) >= 11 is 0. The lowest BCUT2D eigenvalue weighted by molar-refractivity contribution is -0.153. The van der Waals surface area contributed by atoms with Crippen LogP contribution in [0.1, 0.15) is 30.0 Å². The maximum Gasteiger partial charge on any atom is 0.347 e. The standard InChI is InChI=1S/C27H22FNO6/c1-2-32-25(30)24-13-27(19-11-22-23(34-15-33-22)12-21(19)35-24)18-5-3-4-6-20(18)29(26(27)31)14-16-7-9-17(28)10-8-16/h3-12,24H,2,13-15H2,1H3/t24-,27?/m1/s1. The smallest absolute Gasteiger partial charge is 0.347 e. The monoisotopic (exact) mass is 475 g/mol. The van der Waals surface area contributed by atoms with Crippen LogP contribution in [0.5, 0.6) is 17.2 Å². The average molecular weight is 475 g/mol. The van der Waals surface area contributed by atoms with E-state index in [1.54, 1.807) is 36.1 Å². The van der Waals surface area contributed by atoms with Crippen molar-refractivity contribution < 1.29 is 32.9 Å². The minimum atomic E-state index is -1.19. The molecule has 3 aliphatic rings. The van der Waals surface area contributed by atoms with Crippen molar-refractivity contribution in [2.24, 2.45) is 0 Å². The summed E-state index contributed by atoms with van der Waals surface area (Å²) < 4.78 is 36.0. The summed E-state index contributed by atoms with van der Waals surface area (Å²) in [4.78, 5) is 28.9.